The second-order valence-corrected chi connectivity index (χ2v) is 10.4. The van der Waals surface area contributed by atoms with Crippen LogP contribution in [0.4, 0.5) is 16.0 Å². The minimum absolute atomic E-state index is 0.0162. The Morgan fingerprint density at radius 1 is 1.00 bits per heavy atom. The minimum Gasteiger partial charge on any atom is -0.496 e. The molecule has 9 rings (SSSR count). The average Bonchev–Trinajstić information content (AvgIpc) is 3.13. The summed E-state index contributed by atoms with van der Waals surface area (Å²) in [6.45, 7) is 2.41. The molecule has 0 saturated carbocycles. The number of rotatable bonds is 2. The summed E-state index contributed by atoms with van der Waals surface area (Å²) in [6.07, 6.45) is 2.59. The number of methoxy groups -OCH3 is 1. The van der Waals surface area contributed by atoms with Gasteiger partial charge in [0.05, 0.1) is 30.6 Å². The number of ether oxygens (including phenoxy) is 1. The molecule has 0 aliphatic carbocycles. The van der Waals surface area contributed by atoms with Gasteiger partial charge in [0, 0.05) is 54.3 Å². The fourth-order valence-electron chi connectivity index (χ4n) is 5.39. The van der Waals surface area contributed by atoms with Gasteiger partial charge in [-0.15, -0.1) is 0 Å². The van der Waals surface area contributed by atoms with E-state index >= 15 is 4.39 Å². The Bertz CT molecular complexity index is 1650. The van der Waals surface area contributed by atoms with Crippen molar-refractivity contribution in [1.82, 2.24) is 19.8 Å². The minimum atomic E-state index is -0.399. The van der Waals surface area contributed by atoms with Crippen molar-refractivity contribution >= 4 is 23.3 Å². The van der Waals surface area contributed by atoms with Crippen LogP contribution in [0.15, 0.2) is 71.9 Å². The van der Waals surface area contributed by atoms with Crippen LogP contribution in [-0.4, -0.2) is 65.7 Å². The molecular weight excluding hydrogens is 519 g/mol. The molecule has 1 amide bonds. The van der Waals surface area contributed by atoms with E-state index in [4.69, 9.17) is 14.7 Å². The van der Waals surface area contributed by atoms with Crippen LogP contribution in [-0.2, 0) is 13.1 Å². The zero-order valence-corrected chi connectivity index (χ0v) is 23.3. The maximum absolute atomic E-state index is 15.4. The molecule has 3 aromatic carbocycles. The Kier molecular flexibility index (Phi) is 7.19. The number of aliphatic imine (C=N–C) groups is 1. The maximum atomic E-state index is 15.4. The number of anilines is 2. The smallest absolute Gasteiger partial charge is 0.253 e. The van der Waals surface area contributed by atoms with Crippen molar-refractivity contribution in [2.24, 2.45) is 4.99 Å². The number of nitrogens with zero attached hydrogens (tertiary/aromatic N) is 5. The van der Waals surface area contributed by atoms with Crippen molar-refractivity contribution in [1.29, 1.82) is 0 Å². The normalized spacial score (nSPS) is 15.6. The molecule has 4 aromatic rings. The highest BCUT2D eigenvalue weighted by molar-refractivity contribution is 6.18. The maximum Gasteiger partial charge on any atom is 0.253 e. The first-order chi connectivity index (χ1) is 19.9. The Labute approximate surface area is 238 Å². The van der Waals surface area contributed by atoms with Gasteiger partial charge in [0.2, 0.25) is 5.95 Å². The van der Waals surface area contributed by atoms with Gasteiger partial charge in [0.15, 0.2) is 0 Å². The van der Waals surface area contributed by atoms with E-state index in [-0.39, 0.29) is 12.5 Å². The standard InChI is InChI=1S/C32H31FN6O2/c1-38-14-5-15-39(2)31(40)21-9-11-23(12-10-21)36-32-35-18-22-17-34-30(28-26(33)6-4-7-27(28)41-3)25-16-20(19-38)8-13-24(25)29(22)37-32/h4,6-13,16,18H,5,14-15,17,19H2,1-3H3,(H,35,36,37). The third kappa shape index (κ3) is 5.28. The summed E-state index contributed by atoms with van der Waals surface area (Å²) in [5.41, 5.74) is 6.50. The molecule has 6 heterocycles. The molecular formula is C32H31FN6O2. The van der Waals surface area contributed by atoms with E-state index < -0.39 is 5.82 Å². The molecule has 0 saturated heterocycles. The van der Waals surface area contributed by atoms with E-state index in [9.17, 15) is 4.79 Å². The zero-order chi connectivity index (χ0) is 28.5. The lowest BCUT2D eigenvalue weighted by atomic mass is 9.92. The number of nitrogens with one attached hydrogen (secondary N) is 1. The molecule has 41 heavy (non-hydrogen) atoms. The molecule has 0 spiro atoms. The first-order valence-corrected chi connectivity index (χ1v) is 13.6. The molecule has 0 fully saturated rings. The Hall–Kier alpha value is -4.63. The third-order valence-electron chi connectivity index (χ3n) is 7.52. The van der Waals surface area contributed by atoms with E-state index in [0.29, 0.717) is 41.6 Å². The molecule has 7 bridgehead atoms. The van der Waals surface area contributed by atoms with Gasteiger partial charge in [-0.25, -0.2) is 14.4 Å². The molecule has 5 aliphatic heterocycles. The molecule has 0 unspecified atom stereocenters. The van der Waals surface area contributed by atoms with Gasteiger partial charge in [-0.2, -0.15) is 0 Å². The van der Waals surface area contributed by atoms with Crippen LogP contribution in [0.5, 0.6) is 5.75 Å². The summed E-state index contributed by atoms with van der Waals surface area (Å²) in [6, 6.07) is 18.3. The highest BCUT2D eigenvalue weighted by Crippen LogP contribution is 2.36. The van der Waals surface area contributed by atoms with Crippen molar-refractivity contribution in [3.63, 3.8) is 0 Å². The summed E-state index contributed by atoms with van der Waals surface area (Å²) in [4.78, 5) is 31.3. The van der Waals surface area contributed by atoms with Crippen LogP contribution >= 0.6 is 0 Å². The van der Waals surface area contributed by atoms with Crippen molar-refractivity contribution in [3.05, 3.63) is 100 Å². The summed E-state index contributed by atoms with van der Waals surface area (Å²) in [5.74, 6) is 0.421. The topological polar surface area (TPSA) is 83.0 Å². The number of carbonyl (C=O) groups excluding carboxylic acids is 1. The predicted molar refractivity (Wildman–Crippen MR) is 157 cm³/mol. The second-order valence-electron chi connectivity index (χ2n) is 10.4. The molecule has 9 heteroatoms. The quantitative estimate of drug-likeness (QED) is 0.365. The molecule has 1 N–H and O–H groups in total. The number of hydrogen-bond donors (Lipinski definition) is 1. The molecule has 1 aromatic heterocycles. The Morgan fingerprint density at radius 2 is 1.83 bits per heavy atom. The number of amides is 1. The summed E-state index contributed by atoms with van der Waals surface area (Å²) >= 11 is 0. The van der Waals surface area contributed by atoms with E-state index in [1.807, 2.05) is 37.4 Å². The Morgan fingerprint density at radius 3 is 2.63 bits per heavy atom. The largest absolute Gasteiger partial charge is 0.496 e. The molecule has 0 radical (unpaired) electrons. The highest BCUT2D eigenvalue weighted by atomic mass is 19.1. The summed E-state index contributed by atoms with van der Waals surface area (Å²) < 4.78 is 21.0. The number of halogens is 1. The van der Waals surface area contributed by atoms with E-state index in [0.717, 1.165) is 46.6 Å². The van der Waals surface area contributed by atoms with Crippen molar-refractivity contribution < 1.29 is 13.9 Å². The lowest BCUT2D eigenvalue weighted by molar-refractivity contribution is 0.0789. The summed E-state index contributed by atoms with van der Waals surface area (Å²) in [5, 5.41) is 3.26. The first kappa shape index (κ1) is 26.6. The molecule has 0 atom stereocenters. The van der Waals surface area contributed by atoms with Gasteiger partial charge >= 0.3 is 0 Å². The molecule has 8 nitrogen and oxygen atoms in total. The van der Waals surface area contributed by atoms with Crippen molar-refractivity contribution in [2.45, 2.75) is 19.5 Å². The van der Waals surface area contributed by atoms with E-state index in [1.165, 1.54) is 13.2 Å². The van der Waals surface area contributed by atoms with Crippen LogP contribution in [0.25, 0.3) is 11.3 Å². The van der Waals surface area contributed by atoms with Gasteiger partial charge in [-0.3, -0.25) is 9.79 Å². The van der Waals surface area contributed by atoms with Crippen molar-refractivity contribution in [2.75, 3.05) is 39.6 Å². The number of hydrogen-bond acceptors (Lipinski definition) is 7. The second kappa shape index (κ2) is 11.1. The summed E-state index contributed by atoms with van der Waals surface area (Å²) in [7, 11) is 5.42. The molecule has 5 aliphatic rings. The van der Waals surface area contributed by atoms with Gasteiger partial charge < -0.3 is 19.9 Å². The van der Waals surface area contributed by atoms with E-state index in [1.54, 1.807) is 23.2 Å². The zero-order valence-electron chi connectivity index (χ0n) is 23.3. The van der Waals surface area contributed by atoms with Crippen LogP contribution in [0.3, 0.4) is 0 Å². The van der Waals surface area contributed by atoms with Crippen LogP contribution in [0.2, 0.25) is 0 Å². The number of benzene rings is 3. The van der Waals surface area contributed by atoms with Crippen LogP contribution < -0.4 is 10.1 Å². The predicted octanol–water partition coefficient (Wildman–Crippen LogP) is 5.29. The number of carbonyl (C=O) groups is 1. The lowest BCUT2D eigenvalue weighted by Crippen LogP contribution is -2.30. The van der Waals surface area contributed by atoms with Gasteiger partial charge in [-0.05, 0) is 68.0 Å². The third-order valence-corrected chi connectivity index (χ3v) is 7.52. The lowest BCUT2D eigenvalue weighted by Gasteiger charge is -2.21. The first-order valence-electron chi connectivity index (χ1n) is 13.6. The SMILES string of the molecule is COc1cccc(F)c1C1=NCc2cnc3nc2-c2ccc(cc21)CN(C)CCCN(C)C(=O)c1ccc(cc1)N3. The van der Waals surface area contributed by atoms with Gasteiger partial charge in [0.25, 0.3) is 5.91 Å². The van der Waals surface area contributed by atoms with Gasteiger partial charge in [0.1, 0.15) is 11.6 Å². The molecule has 208 valence electrons. The average molecular weight is 551 g/mol. The van der Waals surface area contributed by atoms with E-state index in [2.05, 4.69) is 34.4 Å². The van der Waals surface area contributed by atoms with Gasteiger partial charge in [-0.1, -0.05) is 18.2 Å². The van der Waals surface area contributed by atoms with Crippen LogP contribution in [0, 0.1) is 5.82 Å². The fourth-order valence-corrected chi connectivity index (χ4v) is 5.39. The fraction of sp³-hybridized carbons (Fsp3) is 0.250. The number of aromatic nitrogens is 2. The highest BCUT2D eigenvalue weighted by Gasteiger charge is 2.26. The Balaban J connectivity index is 1.50. The van der Waals surface area contributed by atoms with Crippen molar-refractivity contribution in [3.8, 4) is 17.0 Å². The van der Waals surface area contributed by atoms with Crippen LogP contribution in [0.1, 0.15) is 39.0 Å². The monoisotopic (exact) mass is 550 g/mol.